The molecule has 10 nitrogen and oxygen atoms in total. The first kappa shape index (κ1) is 34.0. The smallest absolute Gasteiger partial charge is 0.247 e. The van der Waals surface area contributed by atoms with Crippen LogP contribution in [-0.4, -0.2) is 65.2 Å². The molecule has 5 aromatic rings. The lowest BCUT2D eigenvalue weighted by Crippen LogP contribution is -2.56. The predicted molar refractivity (Wildman–Crippen MR) is 192 cm³/mol. The number of hydrogen-bond donors (Lipinski definition) is 3. The van der Waals surface area contributed by atoms with Crippen LogP contribution in [0, 0.1) is 5.92 Å². The van der Waals surface area contributed by atoms with Crippen molar-refractivity contribution in [2.45, 2.75) is 63.0 Å². The predicted octanol–water partition coefficient (Wildman–Crippen LogP) is 5.19. The summed E-state index contributed by atoms with van der Waals surface area (Å²) in [6, 6.07) is 29.5. The molecule has 1 fully saturated rings. The molecule has 48 heavy (non-hydrogen) atoms. The lowest BCUT2D eigenvalue weighted by molar-refractivity contribution is -0.0939. The monoisotopic (exact) mass is 683 g/mol. The fourth-order valence-electron chi connectivity index (χ4n) is 7.28. The van der Waals surface area contributed by atoms with E-state index in [9.17, 15) is 10.2 Å². The van der Waals surface area contributed by atoms with Gasteiger partial charge in [-0.05, 0) is 54.5 Å². The van der Waals surface area contributed by atoms with Crippen molar-refractivity contribution < 1.29 is 23.8 Å². The summed E-state index contributed by atoms with van der Waals surface area (Å²) >= 11 is 0. The van der Waals surface area contributed by atoms with Crippen molar-refractivity contribution in [1.29, 1.82) is 0 Å². The summed E-state index contributed by atoms with van der Waals surface area (Å²) < 4.78 is 21.5. The number of aliphatic hydroxyl groups excluding tert-OH is 1. The van der Waals surface area contributed by atoms with Gasteiger partial charge in [0.15, 0.2) is 19.5 Å². The normalized spacial score (nSPS) is 21.5. The van der Waals surface area contributed by atoms with E-state index in [2.05, 4.69) is 53.3 Å². The van der Waals surface area contributed by atoms with E-state index in [0.717, 1.165) is 11.1 Å². The highest BCUT2D eigenvalue weighted by Crippen LogP contribution is 2.55. The molecule has 4 atom stereocenters. The number of benzene rings is 3. The lowest BCUT2D eigenvalue weighted by atomic mass is 9.89. The van der Waals surface area contributed by atoms with E-state index in [-0.39, 0.29) is 30.6 Å². The molecule has 0 spiro atoms. The van der Waals surface area contributed by atoms with Crippen molar-refractivity contribution in [3.8, 4) is 5.88 Å². The Hall–Kier alpha value is -3.92. The third-order valence-corrected chi connectivity index (χ3v) is 18.0. The highest BCUT2D eigenvalue weighted by atomic mass is 28.4. The number of nitrogens with zero attached hydrogens (tertiary/aromatic N) is 4. The quantitative estimate of drug-likeness (QED) is 0.143. The van der Waals surface area contributed by atoms with Crippen molar-refractivity contribution in [3.05, 3.63) is 108 Å². The summed E-state index contributed by atoms with van der Waals surface area (Å²) in [7, 11) is -4.92. The van der Waals surface area contributed by atoms with Crippen LogP contribution in [0.5, 0.6) is 5.88 Å². The maximum absolute atomic E-state index is 12.6. The molecule has 0 radical (unpaired) electrons. The minimum atomic E-state index is -2.58. The van der Waals surface area contributed by atoms with Gasteiger partial charge in [-0.15, -0.1) is 0 Å². The summed E-state index contributed by atoms with van der Waals surface area (Å²) in [6.07, 6.45) is 2.17. The molecule has 1 saturated carbocycles. The number of nitrogen functional groups attached to an aromatic ring is 1. The fourth-order valence-corrected chi connectivity index (χ4v) is 16.8. The third-order valence-electron chi connectivity index (χ3n) is 9.69. The number of imidazole rings is 1. The van der Waals surface area contributed by atoms with Crippen molar-refractivity contribution in [3.63, 3.8) is 0 Å². The molecule has 0 unspecified atom stereocenters. The molecular formula is C36H45N5O5Si2. The summed E-state index contributed by atoms with van der Waals surface area (Å²) in [5.41, 5.74) is 7.46. The van der Waals surface area contributed by atoms with Gasteiger partial charge in [-0.3, -0.25) is 0 Å². The first-order valence-electron chi connectivity index (χ1n) is 16.4. The van der Waals surface area contributed by atoms with Crippen LogP contribution in [0.25, 0.3) is 11.2 Å². The van der Waals surface area contributed by atoms with Crippen LogP contribution in [0.3, 0.4) is 0 Å². The largest absolute Gasteiger partial charge is 0.471 e. The molecule has 0 saturated heterocycles. The van der Waals surface area contributed by atoms with Gasteiger partial charge in [-0.25, -0.2) is 4.98 Å². The standard InChI is InChI=1S/C36H45N5O5Si2/c1-47(2,28-18-12-7-13-19-28)46-48(3,4)30-20-31(36(43,24-42)29(30)23-44-21-26-14-8-5-9-15-26)41-25-38-32-33(41)39-35(37)40-34(32)45-22-27-16-10-6-11-17-27/h5-19,25,29-31,42-43H,20-24H2,1-4H3,(H2,37,39,40)/t29-,30+,31+,36+/m1/s1. The molecule has 1 aliphatic rings. The Balaban J connectivity index is 1.35. The molecule has 4 N–H and O–H groups in total. The van der Waals surface area contributed by atoms with Crippen LogP contribution in [0.1, 0.15) is 23.6 Å². The van der Waals surface area contributed by atoms with Crippen molar-refractivity contribution >= 4 is 38.9 Å². The van der Waals surface area contributed by atoms with Crippen molar-refractivity contribution in [2.24, 2.45) is 5.92 Å². The maximum atomic E-state index is 12.6. The highest BCUT2D eigenvalue weighted by Gasteiger charge is 2.60. The van der Waals surface area contributed by atoms with Crippen LogP contribution in [-0.2, 0) is 22.1 Å². The number of ether oxygens (including phenoxy) is 2. The zero-order valence-electron chi connectivity index (χ0n) is 28.0. The van der Waals surface area contributed by atoms with E-state index in [0.29, 0.717) is 24.2 Å². The van der Waals surface area contributed by atoms with Gasteiger partial charge in [-0.1, -0.05) is 91.0 Å². The van der Waals surface area contributed by atoms with E-state index in [1.165, 1.54) is 5.19 Å². The second-order valence-corrected chi connectivity index (χ2v) is 22.0. The van der Waals surface area contributed by atoms with Crippen LogP contribution in [0.4, 0.5) is 5.95 Å². The second kappa shape index (κ2) is 13.9. The number of aliphatic hydroxyl groups is 2. The molecule has 0 aliphatic heterocycles. The Morgan fingerprint density at radius 2 is 1.48 bits per heavy atom. The van der Waals surface area contributed by atoms with Gasteiger partial charge < -0.3 is 34.1 Å². The van der Waals surface area contributed by atoms with Gasteiger partial charge in [0.1, 0.15) is 12.2 Å². The minimum Gasteiger partial charge on any atom is -0.471 e. The van der Waals surface area contributed by atoms with Gasteiger partial charge >= 0.3 is 0 Å². The fraction of sp³-hybridized carbons (Fsp3) is 0.361. The van der Waals surface area contributed by atoms with Gasteiger partial charge in [0, 0.05) is 5.92 Å². The Morgan fingerprint density at radius 3 is 2.10 bits per heavy atom. The van der Waals surface area contributed by atoms with E-state index in [1.54, 1.807) is 6.33 Å². The van der Waals surface area contributed by atoms with Gasteiger partial charge in [0.25, 0.3) is 0 Å². The van der Waals surface area contributed by atoms with Crippen LogP contribution < -0.4 is 15.7 Å². The molecule has 3 aromatic carbocycles. The van der Waals surface area contributed by atoms with Crippen molar-refractivity contribution in [2.75, 3.05) is 18.9 Å². The van der Waals surface area contributed by atoms with Crippen LogP contribution in [0.2, 0.25) is 31.7 Å². The van der Waals surface area contributed by atoms with E-state index in [4.69, 9.17) is 19.3 Å². The van der Waals surface area contributed by atoms with E-state index < -0.39 is 40.8 Å². The number of aromatic nitrogens is 4. The summed E-state index contributed by atoms with van der Waals surface area (Å²) in [6.45, 7) is 9.34. The topological polar surface area (TPSA) is 138 Å². The van der Waals surface area contributed by atoms with Gasteiger partial charge in [0.05, 0.1) is 32.2 Å². The Morgan fingerprint density at radius 1 is 0.875 bits per heavy atom. The van der Waals surface area contributed by atoms with Crippen LogP contribution >= 0.6 is 0 Å². The zero-order chi connectivity index (χ0) is 33.9. The maximum Gasteiger partial charge on any atom is 0.247 e. The Bertz CT molecular complexity index is 1810. The molecule has 12 heteroatoms. The summed E-state index contributed by atoms with van der Waals surface area (Å²) in [5, 5.41) is 24.8. The minimum absolute atomic E-state index is 0.0331. The molecule has 6 rings (SSSR count). The molecule has 1 aliphatic carbocycles. The Kier molecular flexibility index (Phi) is 9.84. The summed E-state index contributed by atoms with van der Waals surface area (Å²) in [4.78, 5) is 13.6. The van der Waals surface area contributed by atoms with Crippen LogP contribution in [0.15, 0.2) is 97.3 Å². The average Bonchev–Trinajstić information content (AvgIpc) is 3.63. The zero-order valence-corrected chi connectivity index (χ0v) is 30.0. The number of hydrogen-bond acceptors (Lipinski definition) is 9. The average molecular weight is 684 g/mol. The van der Waals surface area contributed by atoms with Crippen molar-refractivity contribution in [1.82, 2.24) is 19.5 Å². The second-order valence-electron chi connectivity index (χ2n) is 13.7. The Labute approximate surface area is 283 Å². The first-order valence-corrected chi connectivity index (χ1v) is 22.3. The number of anilines is 1. The number of rotatable bonds is 13. The molecule has 2 aromatic heterocycles. The summed E-state index contributed by atoms with van der Waals surface area (Å²) in [5.74, 6) is -0.131. The van der Waals surface area contributed by atoms with Gasteiger partial charge in [-0.2, -0.15) is 9.97 Å². The highest BCUT2D eigenvalue weighted by molar-refractivity contribution is 6.92. The molecule has 252 valence electrons. The van der Waals surface area contributed by atoms with E-state index in [1.807, 2.05) is 83.4 Å². The molecule has 2 heterocycles. The van der Waals surface area contributed by atoms with Gasteiger partial charge in [0.2, 0.25) is 20.1 Å². The third kappa shape index (κ3) is 6.95. The first-order chi connectivity index (χ1) is 23.0. The number of fused-ring (bicyclic) bond motifs is 1. The van der Waals surface area contributed by atoms with E-state index >= 15 is 0 Å². The lowest BCUT2D eigenvalue weighted by Gasteiger charge is -2.42. The number of nitrogens with two attached hydrogens (primary N) is 1. The molecular weight excluding hydrogens is 639 g/mol. The molecule has 0 amide bonds. The molecule has 0 bridgehead atoms. The SMILES string of the molecule is C[Si](C)(O[Si](C)(C)[C@H]1C[C@H](n2cnc3c(OCc4ccccc4)nc(N)nc32)[C@](O)(CO)[C@@H]1COCc1ccccc1)c1ccccc1.